The second kappa shape index (κ2) is 5.41. The molecule has 3 heteroatoms. The van der Waals surface area contributed by atoms with Crippen molar-refractivity contribution >= 4 is 0 Å². The summed E-state index contributed by atoms with van der Waals surface area (Å²) in [6.45, 7) is 2.80. The van der Waals surface area contributed by atoms with E-state index in [-0.39, 0.29) is 5.82 Å². The molecule has 1 atom stereocenters. The molecule has 0 saturated carbocycles. The van der Waals surface area contributed by atoms with Gasteiger partial charge in [0.05, 0.1) is 0 Å². The van der Waals surface area contributed by atoms with Gasteiger partial charge in [-0.25, -0.2) is 4.39 Å². The fourth-order valence-electron chi connectivity index (χ4n) is 2.27. The number of benzene rings is 1. The summed E-state index contributed by atoms with van der Waals surface area (Å²) in [5.41, 5.74) is 0.781. The van der Waals surface area contributed by atoms with Crippen LogP contribution in [0.15, 0.2) is 24.3 Å². The van der Waals surface area contributed by atoms with Crippen LogP contribution in [0.4, 0.5) is 4.39 Å². The first-order valence-corrected chi connectivity index (χ1v) is 5.91. The van der Waals surface area contributed by atoms with Crippen molar-refractivity contribution in [2.45, 2.75) is 25.4 Å². The molecule has 0 aliphatic carbocycles. The first-order chi connectivity index (χ1) is 7.75. The summed E-state index contributed by atoms with van der Waals surface area (Å²) in [5, 5.41) is 3.45. The van der Waals surface area contributed by atoms with Crippen molar-refractivity contribution in [2.75, 3.05) is 20.1 Å². The van der Waals surface area contributed by atoms with Gasteiger partial charge < -0.3 is 10.2 Å². The fraction of sp³-hybridized carbons (Fsp3) is 0.538. The van der Waals surface area contributed by atoms with Crippen molar-refractivity contribution < 1.29 is 4.39 Å². The Hall–Kier alpha value is -0.930. The molecule has 1 aromatic rings. The molecule has 0 aromatic heterocycles. The van der Waals surface area contributed by atoms with Crippen LogP contribution in [0.3, 0.4) is 0 Å². The fourth-order valence-corrected chi connectivity index (χ4v) is 2.27. The van der Waals surface area contributed by atoms with Gasteiger partial charge in [0.25, 0.3) is 0 Å². The van der Waals surface area contributed by atoms with E-state index < -0.39 is 0 Å². The molecule has 2 rings (SSSR count). The van der Waals surface area contributed by atoms with Gasteiger partial charge in [-0.15, -0.1) is 0 Å². The summed E-state index contributed by atoms with van der Waals surface area (Å²) in [4.78, 5) is 2.18. The first kappa shape index (κ1) is 11.6. The maximum Gasteiger partial charge on any atom is 0.127 e. The van der Waals surface area contributed by atoms with Gasteiger partial charge in [0.2, 0.25) is 0 Å². The van der Waals surface area contributed by atoms with Crippen LogP contribution in [0.25, 0.3) is 0 Å². The van der Waals surface area contributed by atoms with E-state index in [1.807, 2.05) is 19.2 Å². The van der Waals surface area contributed by atoms with Crippen molar-refractivity contribution in [1.29, 1.82) is 0 Å². The van der Waals surface area contributed by atoms with E-state index in [1.54, 1.807) is 6.07 Å². The maximum absolute atomic E-state index is 13.4. The van der Waals surface area contributed by atoms with Crippen LogP contribution in [0.5, 0.6) is 0 Å². The smallest absolute Gasteiger partial charge is 0.127 e. The lowest BCUT2D eigenvalue weighted by Crippen LogP contribution is -2.35. The van der Waals surface area contributed by atoms with Gasteiger partial charge >= 0.3 is 0 Å². The van der Waals surface area contributed by atoms with E-state index in [1.165, 1.54) is 18.9 Å². The minimum Gasteiger partial charge on any atom is -0.313 e. The molecule has 16 heavy (non-hydrogen) atoms. The highest BCUT2D eigenvalue weighted by atomic mass is 19.1. The third kappa shape index (κ3) is 3.03. The lowest BCUT2D eigenvalue weighted by atomic mass is 10.2. The predicted molar refractivity (Wildman–Crippen MR) is 63.8 cm³/mol. The van der Waals surface area contributed by atoms with Crippen LogP contribution in [-0.4, -0.2) is 31.1 Å². The molecule has 0 radical (unpaired) electrons. The van der Waals surface area contributed by atoms with E-state index in [0.29, 0.717) is 12.6 Å². The van der Waals surface area contributed by atoms with Crippen molar-refractivity contribution in [2.24, 2.45) is 0 Å². The Bertz CT molecular complexity index is 334. The number of likely N-dealkylation sites (N-methyl/N-ethyl adjacent to an activating group) is 1. The second-order valence-electron chi connectivity index (χ2n) is 4.58. The molecule has 0 amide bonds. The van der Waals surface area contributed by atoms with Crippen LogP contribution < -0.4 is 5.32 Å². The van der Waals surface area contributed by atoms with Crippen LogP contribution in [-0.2, 0) is 6.54 Å². The molecule has 1 aliphatic rings. The standard InChI is InChI=1S/C13H19FN2/c1-16(10-12-6-4-8-15-12)9-11-5-2-3-7-13(11)14/h2-3,5,7,12,15H,4,6,8-10H2,1H3/t12-/m0/s1. The zero-order chi connectivity index (χ0) is 11.4. The third-order valence-electron chi connectivity index (χ3n) is 3.09. The van der Waals surface area contributed by atoms with Gasteiger partial charge in [0.15, 0.2) is 0 Å². The number of halogens is 1. The number of hydrogen-bond acceptors (Lipinski definition) is 2. The topological polar surface area (TPSA) is 15.3 Å². The summed E-state index contributed by atoms with van der Waals surface area (Å²) in [6.07, 6.45) is 2.50. The Morgan fingerprint density at radius 2 is 2.25 bits per heavy atom. The zero-order valence-electron chi connectivity index (χ0n) is 9.75. The highest BCUT2D eigenvalue weighted by Gasteiger charge is 2.16. The van der Waals surface area contributed by atoms with Gasteiger partial charge in [0.1, 0.15) is 5.82 Å². The molecule has 1 heterocycles. The minimum absolute atomic E-state index is 0.103. The van der Waals surface area contributed by atoms with E-state index in [0.717, 1.165) is 18.7 Å². The molecule has 1 aromatic carbocycles. The number of nitrogens with one attached hydrogen (secondary N) is 1. The number of nitrogens with zero attached hydrogens (tertiary/aromatic N) is 1. The first-order valence-electron chi connectivity index (χ1n) is 5.91. The Kier molecular flexibility index (Phi) is 3.91. The summed E-state index contributed by atoms with van der Waals surface area (Å²) >= 11 is 0. The van der Waals surface area contributed by atoms with Gasteiger partial charge in [-0.05, 0) is 32.5 Å². The van der Waals surface area contributed by atoms with E-state index in [2.05, 4.69) is 10.2 Å². The summed E-state index contributed by atoms with van der Waals surface area (Å²) in [6, 6.07) is 7.58. The van der Waals surface area contributed by atoms with Crippen molar-refractivity contribution in [1.82, 2.24) is 10.2 Å². The van der Waals surface area contributed by atoms with Crippen LogP contribution in [0.2, 0.25) is 0 Å². The van der Waals surface area contributed by atoms with E-state index in [4.69, 9.17) is 0 Å². The highest BCUT2D eigenvalue weighted by Crippen LogP contribution is 2.11. The highest BCUT2D eigenvalue weighted by molar-refractivity contribution is 5.17. The molecule has 1 saturated heterocycles. The molecule has 1 N–H and O–H groups in total. The average molecular weight is 222 g/mol. The Morgan fingerprint density at radius 1 is 1.44 bits per heavy atom. The van der Waals surface area contributed by atoms with Crippen molar-refractivity contribution in [3.05, 3.63) is 35.6 Å². The van der Waals surface area contributed by atoms with Crippen LogP contribution in [0, 0.1) is 5.82 Å². The maximum atomic E-state index is 13.4. The van der Waals surface area contributed by atoms with E-state index >= 15 is 0 Å². The molecular weight excluding hydrogens is 203 g/mol. The molecule has 88 valence electrons. The van der Waals surface area contributed by atoms with Crippen molar-refractivity contribution in [3.63, 3.8) is 0 Å². The van der Waals surface area contributed by atoms with Gasteiger partial charge in [-0.1, -0.05) is 18.2 Å². The Balaban J connectivity index is 1.86. The second-order valence-corrected chi connectivity index (χ2v) is 4.58. The largest absolute Gasteiger partial charge is 0.313 e. The average Bonchev–Trinajstić information content (AvgIpc) is 2.74. The Labute approximate surface area is 96.5 Å². The molecule has 1 aliphatic heterocycles. The molecular formula is C13H19FN2. The lowest BCUT2D eigenvalue weighted by Gasteiger charge is -2.21. The summed E-state index contributed by atoms with van der Waals surface area (Å²) in [7, 11) is 2.05. The molecule has 2 nitrogen and oxygen atoms in total. The predicted octanol–water partition coefficient (Wildman–Crippen LogP) is 2.01. The zero-order valence-corrected chi connectivity index (χ0v) is 9.75. The van der Waals surface area contributed by atoms with E-state index in [9.17, 15) is 4.39 Å². The molecule has 1 fully saturated rings. The normalized spacial score (nSPS) is 20.6. The SMILES string of the molecule is CN(Cc1ccccc1F)C[C@@H]1CCCN1. The molecule has 0 unspecified atom stereocenters. The van der Waals surface area contributed by atoms with Gasteiger partial charge in [-0.2, -0.15) is 0 Å². The van der Waals surface area contributed by atoms with Crippen molar-refractivity contribution in [3.8, 4) is 0 Å². The molecule has 0 bridgehead atoms. The van der Waals surface area contributed by atoms with Gasteiger partial charge in [-0.3, -0.25) is 0 Å². The number of rotatable bonds is 4. The summed E-state index contributed by atoms with van der Waals surface area (Å²) < 4.78 is 13.4. The summed E-state index contributed by atoms with van der Waals surface area (Å²) in [5.74, 6) is -0.103. The lowest BCUT2D eigenvalue weighted by molar-refractivity contribution is 0.289. The monoisotopic (exact) mass is 222 g/mol. The van der Waals surface area contributed by atoms with Crippen LogP contribution >= 0.6 is 0 Å². The third-order valence-corrected chi connectivity index (χ3v) is 3.09. The number of hydrogen-bond donors (Lipinski definition) is 1. The van der Waals surface area contributed by atoms with Crippen LogP contribution in [0.1, 0.15) is 18.4 Å². The Morgan fingerprint density at radius 3 is 2.94 bits per heavy atom. The quantitative estimate of drug-likeness (QED) is 0.838. The van der Waals surface area contributed by atoms with Gasteiger partial charge in [0, 0.05) is 24.7 Å². The minimum atomic E-state index is -0.103. The molecule has 0 spiro atoms.